The number of hydrogen-bond donors (Lipinski definition) is 1. The highest BCUT2D eigenvalue weighted by atomic mass is 32.1. The van der Waals surface area contributed by atoms with Crippen molar-refractivity contribution in [3.05, 3.63) is 17.6 Å². The smallest absolute Gasteiger partial charge is 0.106 e. The molecule has 20 heavy (non-hydrogen) atoms. The molecule has 2 aromatic rings. The molecule has 3 rings (SSSR count). The van der Waals surface area contributed by atoms with Crippen LogP contribution in [0.15, 0.2) is 17.6 Å². The lowest BCUT2D eigenvalue weighted by Gasteiger charge is -2.39. The lowest BCUT2D eigenvalue weighted by Crippen LogP contribution is -2.49. The topological polar surface area (TPSA) is 45.4 Å². The first kappa shape index (κ1) is 13.6. The van der Waals surface area contributed by atoms with Crippen molar-refractivity contribution in [2.24, 2.45) is 0 Å². The number of fused-ring (bicyclic) bond motifs is 1. The molecule has 1 atom stereocenters. The minimum absolute atomic E-state index is 0.676. The summed E-state index contributed by atoms with van der Waals surface area (Å²) in [5.74, 6) is 0. The molecule has 0 radical (unpaired) electrons. The molecule has 0 spiro atoms. The zero-order valence-corrected chi connectivity index (χ0v) is 13.0. The molecule has 2 heterocycles. The first-order valence-electron chi connectivity index (χ1n) is 7.31. The van der Waals surface area contributed by atoms with Crippen LogP contribution < -0.4 is 10.6 Å². The Bertz CT molecular complexity index is 587. The average Bonchev–Trinajstić information content (AvgIpc) is 2.96. The van der Waals surface area contributed by atoms with E-state index < -0.39 is 0 Å². The summed E-state index contributed by atoms with van der Waals surface area (Å²) in [6.45, 7) is 8.89. The summed E-state index contributed by atoms with van der Waals surface area (Å²) in [5.41, 5.74) is 11.1. The molecule has 1 unspecified atom stereocenters. The number of benzene rings is 1. The van der Waals surface area contributed by atoms with Crippen LogP contribution in [0.1, 0.15) is 20.3 Å². The third-order valence-corrected chi connectivity index (χ3v) is 5.18. The van der Waals surface area contributed by atoms with Crippen LogP contribution in [0.4, 0.5) is 11.4 Å². The van der Waals surface area contributed by atoms with Crippen molar-refractivity contribution in [1.82, 2.24) is 9.88 Å². The molecule has 5 heteroatoms. The van der Waals surface area contributed by atoms with Gasteiger partial charge in [-0.1, -0.05) is 6.92 Å². The Hall–Kier alpha value is -1.33. The number of hydrogen-bond acceptors (Lipinski definition) is 5. The molecule has 4 nitrogen and oxygen atoms in total. The standard InChI is InChI=1S/C15H22N4S/c1-3-11(2)18-6-8-19(9-7-18)12-4-5-13-15(14(12)16)17-10-20-13/h4-5,10-11H,3,6-9,16H2,1-2H3. The van der Waals surface area contributed by atoms with Gasteiger partial charge in [0.15, 0.2) is 0 Å². The molecule has 2 N–H and O–H groups in total. The molecule has 1 aliphatic rings. The molecule has 1 saturated heterocycles. The molecular formula is C15H22N4S. The summed E-state index contributed by atoms with van der Waals surface area (Å²) in [7, 11) is 0. The van der Waals surface area contributed by atoms with E-state index in [0.29, 0.717) is 6.04 Å². The summed E-state index contributed by atoms with van der Waals surface area (Å²) in [4.78, 5) is 9.35. The summed E-state index contributed by atoms with van der Waals surface area (Å²) in [6, 6.07) is 4.96. The molecule has 1 aliphatic heterocycles. The van der Waals surface area contributed by atoms with Crippen LogP contribution in [0.2, 0.25) is 0 Å². The Morgan fingerprint density at radius 3 is 2.75 bits per heavy atom. The Kier molecular flexibility index (Phi) is 3.81. The summed E-state index contributed by atoms with van der Waals surface area (Å²) >= 11 is 1.65. The lowest BCUT2D eigenvalue weighted by atomic mass is 10.1. The van der Waals surface area contributed by atoms with E-state index in [1.54, 1.807) is 11.3 Å². The molecule has 0 aliphatic carbocycles. The Balaban J connectivity index is 1.78. The van der Waals surface area contributed by atoms with Gasteiger partial charge >= 0.3 is 0 Å². The maximum absolute atomic E-state index is 6.30. The van der Waals surface area contributed by atoms with Crippen molar-refractivity contribution in [1.29, 1.82) is 0 Å². The van der Waals surface area contributed by atoms with Crippen molar-refractivity contribution in [2.45, 2.75) is 26.3 Å². The number of nitrogens with zero attached hydrogens (tertiary/aromatic N) is 3. The average molecular weight is 290 g/mol. The van der Waals surface area contributed by atoms with Gasteiger partial charge in [0.1, 0.15) is 5.52 Å². The van der Waals surface area contributed by atoms with E-state index in [2.05, 4.69) is 40.8 Å². The van der Waals surface area contributed by atoms with E-state index in [1.807, 2.05) is 5.51 Å². The third kappa shape index (κ3) is 2.36. The second-order valence-electron chi connectivity index (χ2n) is 5.48. The third-order valence-electron chi connectivity index (χ3n) is 4.39. The molecule has 0 saturated carbocycles. The number of nitrogen functional groups attached to an aromatic ring is 1. The van der Waals surface area contributed by atoms with Crippen LogP contribution in [0, 0.1) is 0 Å². The van der Waals surface area contributed by atoms with Gasteiger partial charge in [0.2, 0.25) is 0 Å². The second kappa shape index (κ2) is 5.58. The number of aromatic nitrogens is 1. The van der Waals surface area contributed by atoms with Crippen molar-refractivity contribution >= 4 is 32.9 Å². The number of rotatable bonds is 3. The molecule has 1 aromatic heterocycles. The number of thiazole rings is 1. The van der Waals surface area contributed by atoms with Crippen molar-refractivity contribution in [2.75, 3.05) is 36.8 Å². The van der Waals surface area contributed by atoms with Gasteiger partial charge in [0.05, 0.1) is 21.6 Å². The van der Waals surface area contributed by atoms with E-state index in [4.69, 9.17) is 5.73 Å². The zero-order valence-electron chi connectivity index (χ0n) is 12.2. The van der Waals surface area contributed by atoms with Crippen LogP contribution in [0.5, 0.6) is 0 Å². The summed E-state index contributed by atoms with van der Waals surface area (Å²) < 4.78 is 1.17. The molecule has 108 valence electrons. The fraction of sp³-hybridized carbons (Fsp3) is 0.533. The van der Waals surface area contributed by atoms with Gasteiger partial charge < -0.3 is 10.6 Å². The van der Waals surface area contributed by atoms with Gasteiger partial charge in [-0.25, -0.2) is 4.98 Å². The molecular weight excluding hydrogens is 268 g/mol. The van der Waals surface area contributed by atoms with Crippen LogP contribution in [-0.4, -0.2) is 42.1 Å². The number of anilines is 2. The Morgan fingerprint density at radius 1 is 1.30 bits per heavy atom. The highest BCUT2D eigenvalue weighted by Crippen LogP contribution is 2.33. The van der Waals surface area contributed by atoms with Gasteiger partial charge in [0.25, 0.3) is 0 Å². The van der Waals surface area contributed by atoms with Gasteiger partial charge in [-0.2, -0.15) is 0 Å². The van der Waals surface area contributed by atoms with Gasteiger partial charge in [-0.3, -0.25) is 4.90 Å². The lowest BCUT2D eigenvalue weighted by molar-refractivity contribution is 0.193. The van der Waals surface area contributed by atoms with E-state index in [0.717, 1.165) is 43.1 Å². The number of piperazine rings is 1. The van der Waals surface area contributed by atoms with Crippen LogP contribution >= 0.6 is 11.3 Å². The second-order valence-corrected chi connectivity index (χ2v) is 6.36. The summed E-state index contributed by atoms with van der Waals surface area (Å²) in [6.07, 6.45) is 1.22. The first-order chi connectivity index (χ1) is 9.70. The maximum atomic E-state index is 6.30. The predicted octanol–water partition coefficient (Wildman–Crippen LogP) is 2.80. The maximum Gasteiger partial charge on any atom is 0.106 e. The van der Waals surface area contributed by atoms with E-state index >= 15 is 0 Å². The van der Waals surface area contributed by atoms with Crippen molar-refractivity contribution in [3.63, 3.8) is 0 Å². The monoisotopic (exact) mass is 290 g/mol. The summed E-state index contributed by atoms with van der Waals surface area (Å²) in [5, 5.41) is 0. The molecule has 1 fully saturated rings. The van der Waals surface area contributed by atoms with E-state index in [-0.39, 0.29) is 0 Å². The van der Waals surface area contributed by atoms with Crippen molar-refractivity contribution < 1.29 is 0 Å². The largest absolute Gasteiger partial charge is 0.395 e. The van der Waals surface area contributed by atoms with Gasteiger partial charge in [-0.15, -0.1) is 11.3 Å². The normalized spacial score (nSPS) is 18.6. The first-order valence-corrected chi connectivity index (χ1v) is 8.19. The van der Waals surface area contributed by atoms with Crippen LogP contribution in [-0.2, 0) is 0 Å². The fourth-order valence-corrected chi connectivity index (χ4v) is 3.57. The SMILES string of the molecule is CCC(C)N1CCN(c2ccc3scnc3c2N)CC1. The highest BCUT2D eigenvalue weighted by molar-refractivity contribution is 7.16. The molecule has 0 bridgehead atoms. The Labute approximate surface area is 124 Å². The van der Waals surface area contributed by atoms with Gasteiger partial charge in [-0.05, 0) is 25.5 Å². The predicted molar refractivity (Wildman–Crippen MR) is 87.6 cm³/mol. The van der Waals surface area contributed by atoms with Crippen molar-refractivity contribution in [3.8, 4) is 0 Å². The van der Waals surface area contributed by atoms with Crippen LogP contribution in [0.3, 0.4) is 0 Å². The fourth-order valence-electron chi connectivity index (χ4n) is 2.88. The number of nitrogens with two attached hydrogens (primary N) is 1. The van der Waals surface area contributed by atoms with Gasteiger partial charge in [0, 0.05) is 32.2 Å². The molecule has 1 aromatic carbocycles. The highest BCUT2D eigenvalue weighted by Gasteiger charge is 2.22. The van der Waals surface area contributed by atoms with E-state index in [9.17, 15) is 0 Å². The Morgan fingerprint density at radius 2 is 2.05 bits per heavy atom. The minimum Gasteiger partial charge on any atom is -0.395 e. The zero-order chi connectivity index (χ0) is 14.1. The van der Waals surface area contributed by atoms with Crippen LogP contribution in [0.25, 0.3) is 10.2 Å². The quantitative estimate of drug-likeness (QED) is 0.883. The molecule has 0 amide bonds. The minimum atomic E-state index is 0.676. The van der Waals surface area contributed by atoms with E-state index in [1.165, 1.54) is 11.1 Å².